The van der Waals surface area contributed by atoms with Gasteiger partial charge in [0, 0.05) is 0 Å². The maximum absolute atomic E-state index is 13.1. The number of benzene rings is 1. The summed E-state index contributed by atoms with van der Waals surface area (Å²) < 4.78 is 48.3. The van der Waals surface area contributed by atoms with E-state index in [9.17, 15) is 27.9 Å². The number of para-hydroxylation sites is 2. The van der Waals surface area contributed by atoms with Gasteiger partial charge in [-0.2, -0.15) is 13.2 Å². The zero-order chi connectivity index (χ0) is 18.5. The molecule has 0 spiro atoms. The number of halogens is 4. The van der Waals surface area contributed by atoms with Crippen LogP contribution in [0.4, 0.5) is 18.9 Å². The summed E-state index contributed by atoms with van der Waals surface area (Å²) in [7, 11) is 0.630. The van der Waals surface area contributed by atoms with Gasteiger partial charge in [0.05, 0.1) is 19.4 Å². The smallest absolute Gasteiger partial charge is 0.430 e. The molecule has 0 heterocycles. The molecule has 2 N–H and O–H groups in total. The van der Waals surface area contributed by atoms with E-state index in [0.29, 0.717) is 7.11 Å². The van der Waals surface area contributed by atoms with E-state index in [4.69, 9.17) is 16.3 Å². The first-order valence-electron chi connectivity index (χ1n) is 6.63. The van der Waals surface area contributed by atoms with Crippen molar-refractivity contribution in [2.24, 2.45) is 0 Å². The van der Waals surface area contributed by atoms with Crippen LogP contribution in [0, 0.1) is 0 Å². The van der Waals surface area contributed by atoms with Gasteiger partial charge in [-0.05, 0) is 19.1 Å². The highest BCUT2D eigenvalue weighted by molar-refractivity contribution is 6.35. The number of aliphatic hydroxyl groups is 1. The highest BCUT2D eigenvalue weighted by Crippen LogP contribution is 2.37. The lowest BCUT2D eigenvalue weighted by Crippen LogP contribution is -2.62. The molecule has 1 aromatic carbocycles. The zero-order valence-corrected chi connectivity index (χ0v) is 13.4. The largest absolute Gasteiger partial charge is 0.492 e. The van der Waals surface area contributed by atoms with E-state index in [0.717, 1.165) is 0 Å². The Morgan fingerprint density at radius 2 is 1.92 bits per heavy atom. The molecule has 2 atom stereocenters. The Hall–Kier alpha value is -2.00. The quantitative estimate of drug-likeness (QED) is 0.592. The summed E-state index contributed by atoms with van der Waals surface area (Å²) in [5.41, 5.74) is -4.17. The molecule has 1 amide bonds. The van der Waals surface area contributed by atoms with Crippen LogP contribution in [0.2, 0.25) is 0 Å². The van der Waals surface area contributed by atoms with Gasteiger partial charge in [0.25, 0.3) is 5.60 Å². The van der Waals surface area contributed by atoms with E-state index in [1.165, 1.54) is 18.2 Å². The molecule has 6 nitrogen and oxygen atoms in total. The van der Waals surface area contributed by atoms with Crippen molar-refractivity contribution < 1.29 is 37.3 Å². The van der Waals surface area contributed by atoms with Crippen LogP contribution in [0.1, 0.15) is 6.92 Å². The fourth-order valence-electron chi connectivity index (χ4n) is 1.76. The number of alkyl halides is 4. The van der Waals surface area contributed by atoms with E-state index in [1.54, 1.807) is 13.0 Å². The van der Waals surface area contributed by atoms with Crippen LogP contribution in [-0.2, 0) is 14.3 Å². The number of nitrogens with one attached hydrogen (secondary N) is 1. The molecular formula is C14H15ClF3NO5. The molecule has 0 radical (unpaired) electrons. The third-order valence-electron chi connectivity index (χ3n) is 2.97. The SMILES string of the molecule is CCOc1ccccc1NC(=O)[C@H](Cl)[C@@](O)(C(=O)OC)C(F)(F)F. The van der Waals surface area contributed by atoms with Crippen molar-refractivity contribution in [1.29, 1.82) is 0 Å². The molecule has 0 unspecified atom stereocenters. The molecule has 10 heteroatoms. The Morgan fingerprint density at radius 1 is 1.33 bits per heavy atom. The van der Waals surface area contributed by atoms with Crippen molar-refractivity contribution in [2.75, 3.05) is 19.0 Å². The number of rotatable bonds is 6. The number of anilines is 1. The van der Waals surface area contributed by atoms with Gasteiger partial charge in [-0.25, -0.2) is 4.79 Å². The molecular weight excluding hydrogens is 355 g/mol. The average molecular weight is 370 g/mol. The average Bonchev–Trinajstić information content (AvgIpc) is 2.53. The van der Waals surface area contributed by atoms with Gasteiger partial charge >= 0.3 is 12.1 Å². The lowest BCUT2D eigenvalue weighted by Gasteiger charge is -2.30. The Bertz CT molecular complexity index is 610. The van der Waals surface area contributed by atoms with Gasteiger partial charge in [-0.3, -0.25) is 4.79 Å². The van der Waals surface area contributed by atoms with E-state index in [-0.39, 0.29) is 18.0 Å². The van der Waals surface area contributed by atoms with Gasteiger partial charge in [0.2, 0.25) is 5.91 Å². The molecule has 1 rings (SSSR count). The molecule has 0 saturated heterocycles. The van der Waals surface area contributed by atoms with Crippen LogP contribution in [0.25, 0.3) is 0 Å². The number of ether oxygens (including phenoxy) is 2. The highest BCUT2D eigenvalue weighted by atomic mass is 35.5. The van der Waals surface area contributed by atoms with Crippen molar-refractivity contribution in [1.82, 2.24) is 0 Å². The lowest BCUT2D eigenvalue weighted by molar-refractivity contribution is -0.260. The molecule has 0 bridgehead atoms. The molecule has 134 valence electrons. The molecule has 0 aliphatic heterocycles. The predicted octanol–water partition coefficient (Wildman–Crippen LogP) is 2.10. The minimum absolute atomic E-state index is 0.0318. The van der Waals surface area contributed by atoms with Crippen molar-refractivity contribution in [3.05, 3.63) is 24.3 Å². The summed E-state index contributed by atoms with van der Waals surface area (Å²) in [6.45, 7) is 1.91. The van der Waals surface area contributed by atoms with Crippen LogP contribution < -0.4 is 10.1 Å². The van der Waals surface area contributed by atoms with Crippen LogP contribution in [0.3, 0.4) is 0 Å². The van der Waals surface area contributed by atoms with Gasteiger partial charge in [0.15, 0.2) is 5.38 Å². The molecule has 0 fully saturated rings. The fraction of sp³-hybridized carbons (Fsp3) is 0.429. The van der Waals surface area contributed by atoms with E-state index >= 15 is 0 Å². The molecule has 0 aromatic heterocycles. The first-order chi connectivity index (χ1) is 11.1. The van der Waals surface area contributed by atoms with Crippen molar-refractivity contribution in [3.63, 3.8) is 0 Å². The fourth-order valence-corrected chi connectivity index (χ4v) is 2.02. The Kier molecular flexibility index (Phi) is 6.44. The van der Waals surface area contributed by atoms with E-state index in [1.807, 2.05) is 0 Å². The molecule has 1 aromatic rings. The van der Waals surface area contributed by atoms with Gasteiger partial charge < -0.3 is 19.9 Å². The third kappa shape index (κ3) is 3.90. The van der Waals surface area contributed by atoms with Crippen LogP contribution >= 0.6 is 11.6 Å². The number of hydrogen-bond donors (Lipinski definition) is 2. The summed E-state index contributed by atoms with van der Waals surface area (Å²) in [5, 5.41) is 9.09. The zero-order valence-electron chi connectivity index (χ0n) is 12.7. The molecule has 0 aliphatic rings. The predicted molar refractivity (Wildman–Crippen MR) is 78.9 cm³/mol. The van der Waals surface area contributed by atoms with E-state index in [2.05, 4.69) is 10.1 Å². The number of carbonyl (C=O) groups is 2. The molecule has 0 saturated carbocycles. The van der Waals surface area contributed by atoms with Crippen molar-refractivity contribution in [3.8, 4) is 5.75 Å². The number of carbonyl (C=O) groups excluding carboxylic acids is 2. The maximum Gasteiger partial charge on any atom is 0.430 e. The topological polar surface area (TPSA) is 84.9 Å². The standard InChI is InChI=1S/C14H15ClF3NO5/c1-3-24-9-7-5-4-6-8(9)19-11(20)10(15)13(22,12(21)23-2)14(16,17)18/h4-7,10,22H,3H2,1-2H3,(H,19,20)/t10-,13+/m0/s1. The van der Waals surface area contributed by atoms with Gasteiger partial charge in [-0.1, -0.05) is 12.1 Å². The maximum atomic E-state index is 13.1. The van der Waals surface area contributed by atoms with Crippen molar-refractivity contribution in [2.45, 2.75) is 24.1 Å². The van der Waals surface area contributed by atoms with Crippen LogP contribution in [0.5, 0.6) is 5.75 Å². The number of esters is 1. The minimum atomic E-state index is -5.52. The van der Waals surface area contributed by atoms with E-state index < -0.39 is 29.0 Å². The summed E-state index contributed by atoms with van der Waals surface area (Å²) in [6.07, 6.45) is -5.52. The van der Waals surface area contributed by atoms with Crippen LogP contribution in [-0.4, -0.2) is 47.9 Å². The molecule has 24 heavy (non-hydrogen) atoms. The first-order valence-corrected chi connectivity index (χ1v) is 7.07. The van der Waals surface area contributed by atoms with Gasteiger partial charge in [-0.15, -0.1) is 11.6 Å². The number of methoxy groups -OCH3 is 1. The summed E-state index contributed by atoms with van der Waals surface area (Å²) in [6, 6.07) is 5.91. The summed E-state index contributed by atoms with van der Waals surface area (Å²) in [5.74, 6) is -3.36. The number of amides is 1. The number of hydrogen-bond acceptors (Lipinski definition) is 5. The normalized spacial score (nSPS) is 15.1. The molecule has 0 aliphatic carbocycles. The van der Waals surface area contributed by atoms with Gasteiger partial charge in [0.1, 0.15) is 5.75 Å². The first kappa shape index (κ1) is 20.0. The lowest BCUT2D eigenvalue weighted by atomic mass is 9.97. The van der Waals surface area contributed by atoms with Crippen molar-refractivity contribution >= 4 is 29.2 Å². The minimum Gasteiger partial charge on any atom is -0.492 e. The second-order valence-electron chi connectivity index (χ2n) is 4.54. The Morgan fingerprint density at radius 3 is 2.42 bits per heavy atom. The second-order valence-corrected chi connectivity index (χ2v) is 4.97. The third-order valence-corrected chi connectivity index (χ3v) is 3.48. The Labute approximate surface area is 140 Å². The summed E-state index contributed by atoms with van der Waals surface area (Å²) in [4.78, 5) is 23.4. The summed E-state index contributed by atoms with van der Waals surface area (Å²) >= 11 is 5.45. The highest BCUT2D eigenvalue weighted by Gasteiger charge is 2.67. The van der Waals surface area contributed by atoms with Crippen LogP contribution in [0.15, 0.2) is 24.3 Å². The monoisotopic (exact) mass is 369 g/mol. The second kappa shape index (κ2) is 7.71. The Balaban J connectivity index is 3.11.